The van der Waals surface area contributed by atoms with Gasteiger partial charge in [0, 0.05) is 12.8 Å². The van der Waals surface area contributed by atoms with Crippen LogP contribution in [0.4, 0.5) is 0 Å². The van der Waals surface area contributed by atoms with Gasteiger partial charge < -0.3 is 0 Å². The van der Waals surface area contributed by atoms with E-state index < -0.39 is 0 Å². The molecule has 2 atom stereocenters. The third kappa shape index (κ3) is 2.55. The minimum absolute atomic E-state index is 0.376. The van der Waals surface area contributed by atoms with Crippen LogP contribution in [0.3, 0.4) is 0 Å². The van der Waals surface area contributed by atoms with Crippen LogP contribution in [-0.4, -0.2) is 5.78 Å². The van der Waals surface area contributed by atoms with E-state index in [0.29, 0.717) is 17.1 Å². The zero-order valence-electron chi connectivity index (χ0n) is 9.39. The Kier molecular flexibility index (Phi) is 3.15. The maximum absolute atomic E-state index is 11.3. The van der Waals surface area contributed by atoms with Crippen LogP contribution in [0.5, 0.6) is 0 Å². The summed E-state index contributed by atoms with van der Waals surface area (Å²) in [5.74, 6) is 1.86. The molecule has 1 heteroatoms. The fourth-order valence-electron chi connectivity index (χ4n) is 2.66. The van der Waals surface area contributed by atoms with E-state index in [1.54, 1.807) is 0 Å². The molecule has 1 aliphatic carbocycles. The van der Waals surface area contributed by atoms with Crippen molar-refractivity contribution in [2.24, 2.45) is 17.3 Å². The molecule has 13 heavy (non-hydrogen) atoms. The first-order valence-electron chi connectivity index (χ1n) is 5.47. The van der Waals surface area contributed by atoms with Gasteiger partial charge in [0.05, 0.1) is 0 Å². The Morgan fingerprint density at radius 2 is 2.00 bits per heavy atom. The van der Waals surface area contributed by atoms with Crippen molar-refractivity contribution in [3.63, 3.8) is 0 Å². The Bertz CT molecular complexity index is 188. The summed E-state index contributed by atoms with van der Waals surface area (Å²) in [6, 6.07) is 0. The number of carbonyl (C=O) groups excluding carboxylic acids is 1. The van der Waals surface area contributed by atoms with Crippen LogP contribution >= 0.6 is 0 Å². The highest BCUT2D eigenvalue weighted by molar-refractivity contribution is 5.79. The smallest absolute Gasteiger partial charge is 0.133 e. The molecule has 0 aromatic rings. The Morgan fingerprint density at radius 3 is 2.46 bits per heavy atom. The zero-order chi connectivity index (χ0) is 10.1. The number of ketones is 1. The summed E-state index contributed by atoms with van der Waals surface area (Å²) in [7, 11) is 0. The third-order valence-electron chi connectivity index (χ3n) is 3.43. The SMILES string of the molecule is CCC1CC(=O)CCC1C(C)(C)C. The van der Waals surface area contributed by atoms with E-state index >= 15 is 0 Å². The van der Waals surface area contributed by atoms with Gasteiger partial charge in [0.25, 0.3) is 0 Å². The molecule has 1 nitrogen and oxygen atoms in total. The van der Waals surface area contributed by atoms with Crippen LogP contribution in [0.1, 0.15) is 53.4 Å². The first-order valence-corrected chi connectivity index (χ1v) is 5.47. The summed E-state index contributed by atoms with van der Waals surface area (Å²) < 4.78 is 0. The van der Waals surface area contributed by atoms with Gasteiger partial charge in [0.15, 0.2) is 0 Å². The van der Waals surface area contributed by atoms with Gasteiger partial charge in [-0.15, -0.1) is 0 Å². The summed E-state index contributed by atoms with van der Waals surface area (Å²) in [5, 5.41) is 0. The molecule has 0 saturated heterocycles. The van der Waals surface area contributed by atoms with Gasteiger partial charge in [-0.3, -0.25) is 4.79 Å². The first kappa shape index (κ1) is 10.7. The van der Waals surface area contributed by atoms with Gasteiger partial charge in [-0.25, -0.2) is 0 Å². The largest absolute Gasteiger partial charge is 0.300 e. The van der Waals surface area contributed by atoms with E-state index in [0.717, 1.165) is 31.6 Å². The van der Waals surface area contributed by atoms with E-state index in [1.807, 2.05) is 0 Å². The van der Waals surface area contributed by atoms with Gasteiger partial charge in [-0.1, -0.05) is 34.1 Å². The Hall–Kier alpha value is -0.330. The van der Waals surface area contributed by atoms with Crippen LogP contribution in [-0.2, 0) is 4.79 Å². The van der Waals surface area contributed by atoms with Crippen LogP contribution < -0.4 is 0 Å². The molecule has 76 valence electrons. The fraction of sp³-hybridized carbons (Fsp3) is 0.917. The topological polar surface area (TPSA) is 17.1 Å². The van der Waals surface area contributed by atoms with Gasteiger partial charge in [0.2, 0.25) is 0 Å². The minimum atomic E-state index is 0.376. The number of carbonyl (C=O) groups is 1. The van der Waals surface area contributed by atoms with Crippen molar-refractivity contribution in [1.29, 1.82) is 0 Å². The van der Waals surface area contributed by atoms with Gasteiger partial charge >= 0.3 is 0 Å². The highest BCUT2D eigenvalue weighted by atomic mass is 16.1. The number of Topliss-reactive ketones (excluding diaryl/α,β-unsaturated/α-hetero) is 1. The lowest BCUT2D eigenvalue weighted by Crippen LogP contribution is -2.33. The molecule has 1 aliphatic rings. The van der Waals surface area contributed by atoms with Crippen molar-refractivity contribution < 1.29 is 4.79 Å². The molecule has 1 saturated carbocycles. The van der Waals surface area contributed by atoms with Crippen molar-refractivity contribution in [2.75, 3.05) is 0 Å². The van der Waals surface area contributed by atoms with E-state index in [2.05, 4.69) is 27.7 Å². The van der Waals surface area contributed by atoms with Gasteiger partial charge in [-0.05, 0) is 23.7 Å². The molecule has 0 aromatic heterocycles. The van der Waals surface area contributed by atoms with E-state index in [1.165, 1.54) is 0 Å². The molecule has 0 radical (unpaired) electrons. The highest BCUT2D eigenvalue weighted by Crippen LogP contribution is 2.41. The molecule has 1 rings (SSSR count). The number of hydrogen-bond donors (Lipinski definition) is 0. The van der Waals surface area contributed by atoms with Crippen molar-refractivity contribution in [1.82, 2.24) is 0 Å². The van der Waals surface area contributed by atoms with Gasteiger partial charge in [-0.2, -0.15) is 0 Å². The second-order valence-corrected chi connectivity index (χ2v) is 5.42. The predicted molar refractivity (Wildman–Crippen MR) is 55.6 cm³/mol. The monoisotopic (exact) mass is 182 g/mol. The fourth-order valence-corrected chi connectivity index (χ4v) is 2.66. The lowest BCUT2D eigenvalue weighted by Gasteiger charge is -2.39. The highest BCUT2D eigenvalue weighted by Gasteiger charge is 2.35. The standard InChI is InChI=1S/C12H22O/c1-5-9-8-10(13)6-7-11(9)12(2,3)4/h9,11H,5-8H2,1-4H3. The molecule has 0 aromatic carbocycles. The molecule has 0 spiro atoms. The van der Waals surface area contributed by atoms with Crippen LogP contribution in [0.25, 0.3) is 0 Å². The summed E-state index contributed by atoms with van der Waals surface area (Å²) >= 11 is 0. The summed E-state index contributed by atoms with van der Waals surface area (Å²) in [6.07, 6.45) is 3.92. The van der Waals surface area contributed by atoms with E-state index in [9.17, 15) is 4.79 Å². The van der Waals surface area contributed by atoms with Crippen LogP contribution in [0.2, 0.25) is 0 Å². The molecule has 0 N–H and O–H groups in total. The molecule has 1 fully saturated rings. The second kappa shape index (κ2) is 3.81. The predicted octanol–water partition coefficient (Wildman–Crippen LogP) is 3.43. The minimum Gasteiger partial charge on any atom is -0.300 e. The molecule has 0 amide bonds. The quantitative estimate of drug-likeness (QED) is 0.607. The maximum atomic E-state index is 11.3. The molecule has 2 unspecified atom stereocenters. The van der Waals surface area contributed by atoms with Crippen LogP contribution in [0.15, 0.2) is 0 Å². The summed E-state index contributed by atoms with van der Waals surface area (Å²) in [4.78, 5) is 11.3. The Morgan fingerprint density at radius 1 is 1.38 bits per heavy atom. The lowest BCUT2D eigenvalue weighted by atomic mass is 9.65. The zero-order valence-corrected chi connectivity index (χ0v) is 9.39. The normalized spacial score (nSPS) is 30.6. The Balaban J connectivity index is 2.68. The molecule has 0 bridgehead atoms. The second-order valence-electron chi connectivity index (χ2n) is 5.42. The van der Waals surface area contributed by atoms with E-state index in [-0.39, 0.29) is 0 Å². The van der Waals surface area contributed by atoms with E-state index in [4.69, 9.17) is 0 Å². The third-order valence-corrected chi connectivity index (χ3v) is 3.43. The average Bonchev–Trinajstić information content (AvgIpc) is 2.01. The van der Waals surface area contributed by atoms with Crippen molar-refractivity contribution in [3.05, 3.63) is 0 Å². The first-order chi connectivity index (χ1) is 5.95. The average molecular weight is 182 g/mol. The maximum Gasteiger partial charge on any atom is 0.133 e. The summed E-state index contributed by atoms with van der Waals surface area (Å²) in [6.45, 7) is 9.12. The van der Waals surface area contributed by atoms with Crippen molar-refractivity contribution in [2.45, 2.75) is 53.4 Å². The number of hydrogen-bond acceptors (Lipinski definition) is 1. The summed E-state index contributed by atoms with van der Waals surface area (Å²) in [5.41, 5.74) is 0.376. The van der Waals surface area contributed by atoms with Crippen molar-refractivity contribution >= 4 is 5.78 Å². The van der Waals surface area contributed by atoms with Crippen LogP contribution in [0, 0.1) is 17.3 Å². The lowest BCUT2D eigenvalue weighted by molar-refractivity contribution is -0.123. The van der Waals surface area contributed by atoms with Crippen molar-refractivity contribution in [3.8, 4) is 0 Å². The molecule has 0 heterocycles. The van der Waals surface area contributed by atoms with Gasteiger partial charge in [0.1, 0.15) is 5.78 Å². The molecular formula is C12H22O. The molecular weight excluding hydrogens is 160 g/mol. The number of rotatable bonds is 1. The Labute approximate surface area is 81.9 Å². The molecule has 0 aliphatic heterocycles.